The molecule has 0 saturated heterocycles. The highest BCUT2D eigenvalue weighted by atomic mass is 16.1. The van der Waals surface area contributed by atoms with E-state index in [1.165, 1.54) is 6.20 Å². The van der Waals surface area contributed by atoms with E-state index in [0.717, 1.165) is 11.1 Å². The van der Waals surface area contributed by atoms with Gasteiger partial charge in [-0.15, -0.1) is 0 Å². The van der Waals surface area contributed by atoms with Crippen molar-refractivity contribution in [1.82, 2.24) is 4.98 Å². The average molecular weight is 292 g/mol. The summed E-state index contributed by atoms with van der Waals surface area (Å²) in [5.74, 6) is 0.106. The molecule has 0 aliphatic carbocycles. The lowest BCUT2D eigenvalue weighted by Gasteiger charge is -2.09. The Kier molecular flexibility index (Phi) is 4.89. The molecule has 0 unspecified atom stereocenters. The molecule has 110 valence electrons. The lowest BCUT2D eigenvalue weighted by molar-refractivity contribution is -0.112. The van der Waals surface area contributed by atoms with Gasteiger partial charge in [-0.25, -0.2) is 4.98 Å². The van der Waals surface area contributed by atoms with E-state index in [0.29, 0.717) is 11.5 Å². The van der Waals surface area contributed by atoms with Crippen molar-refractivity contribution in [3.05, 3.63) is 65.5 Å². The third kappa shape index (κ3) is 3.70. The van der Waals surface area contributed by atoms with Crippen molar-refractivity contribution in [2.24, 2.45) is 0 Å². The zero-order chi connectivity index (χ0) is 15.9. The third-order valence-corrected chi connectivity index (χ3v) is 3.25. The van der Waals surface area contributed by atoms with Gasteiger partial charge >= 0.3 is 0 Å². The van der Waals surface area contributed by atoms with Crippen LogP contribution in [-0.4, -0.2) is 10.9 Å². The highest BCUT2D eigenvalue weighted by molar-refractivity contribution is 6.07. The van der Waals surface area contributed by atoms with Crippen LogP contribution in [0.5, 0.6) is 0 Å². The van der Waals surface area contributed by atoms with Crippen molar-refractivity contribution in [3.63, 3.8) is 0 Å². The summed E-state index contributed by atoms with van der Waals surface area (Å²) in [4.78, 5) is 16.2. The molecule has 5 nitrogen and oxygen atoms in total. The molecule has 0 radical (unpaired) electrons. The monoisotopic (exact) mass is 292 g/mol. The maximum absolute atomic E-state index is 12.2. The molecule has 5 heteroatoms. The molecule has 0 saturated carbocycles. The van der Waals surface area contributed by atoms with Crippen LogP contribution in [-0.2, 0) is 4.79 Å². The van der Waals surface area contributed by atoms with Gasteiger partial charge in [0.1, 0.15) is 17.5 Å². The van der Waals surface area contributed by atoms with Crippen molar-refractivity contribution in [1.29, 1.82) is 5.26 Å². The number of hydrogen-bond donors (Lipinski definition) is 2. The van der Waals surface area contributed by atoms with Crippen LogP contribution in [0.25, 0.3) is 0 Å². The van der Waals surface area contributed by atoms with Gasteiger partial charge < -0.3 is 10.6 Å². The molecule has 1 aromatic carbocycles. The van der Waals surface area contributed by atoms with Crippen LogP contribution in [0, 0.1) is 25.2 Å². The van der Waals surface area contributed by atoms with Crippen molar-refractivity contribution < 1.29 is 4.79 Å². The molecule has 1 aromatic heterocycles. The predicted molar refractivity (Wildman–Crippen MR) is 86.1 cm³/mol. The van der Waals surface area contributed by atoms with Crippen LogP contribution in [0.15, 0.2) is 54.4 Å². The van der Waals surface area contributed by atoms with E-state index < -0.39 is 5.91 Å². The highest BCUT2D eigenvalue weighted by Crippen LogP contribution is 2.18. The number of amides is 1. The number of aromatic nitrogens is 1. The Hall–Kier alpha value is -3.13. The standard InChI is InChI=1S/C17H16N4O/c1-12-6-5-7-15(13(12)2)21-17(22)14(10-18)11-20-16-8-3-4-9-19-16/h3-9,11H,1-2H3,(H,19,20)(H,21,22)/b14-11-. The largest absolute Gasteiger partial charge is 0.345 e. The van der Waals surface area contributed by atoms with Crippen molar-refractivity contribution in [3.8, 4) is 6.07 Å². The van der Waals surface area contributed by atoms with Crippen LogP contribution in [0.3, 0.4) is 0 Å². The summed E-state index contributed by atoms with van der Waals surface area (Å²) >= 11 is 0. The fourth-order valence-electron chi connectivity index (χ4n) is 1.82. The minimum Gasteiger partial charge on any atom is -0.345 e. The minimum absolute atomic E-state index is 0.0217. The van der Waals surface area contributed by atoms with Crippen LogP contribution < -0.4 is 10.6 Å². The number of aryl methyl sites for hydroxylation is 1. The SMILES string of the molecule is Cc1cccc(NC(=O)/C(C#N)=C\Nc2ccccn2)c1C. The zero-order valence-corrected chi connectivity index (χ0v) is 12.4. The average Bonchev–Trinajstić information content (AvgIpc) is 2.53. The fourth-order valence-corrected chi connectivity index (χ4v) is 1.82. The van der Waals surface area contributed by atoms with Crippen molar-refractivity contribution >= 4 is 17.4 Å². The number of carbonyl (C=O) groups excluding carboxylic acids is 1. The second-order valence-electron chi connectivity index (χ2n) is 4.73. The Morgan fingerprint density at radius 3 is 2.73 bits per heavy atom. The first-order valence-corrected chi connectivity index (χ1v) is 6.77. The first kappa shape index (κ1) is 15.3. The van der Waals surface area contributed by atoms with E-state index in [2.05, 4.69) is 15.6 Å². The number of pyridine rings is 1. The maximum atomic E-state index is 12.2. The molecular weight excluding hydrogens is 276 g/mol. The Bertz CT molecular complexity index is 745. The van der Waals surface area contributed by atoms with Gasteiger partial charge in [0.2, 0.25) is 0 Å². The van der Waals surface area contributed by atoms with Crippen LogP contribution in [0.1, 0.15) is 11.1 Å². The second kappa shape index (κ2) is 7.04. The van der Waals surface area contributed by atoms with E-state index in [4.69, 9.17) is 5.26 Å². The molecule has 1 heterocycles. The van der Waals surface area contributed by atoms with E-state index in [1.54, 1.807) is 24.4 Å². The molecule has 0 aliphatic rings. The molecule has 22 heavy (non-hydrogen) atoms. The summed E-state index contributed by atoms with van der Waals surface area (Å²) in [5, 5.41) is 14.7. The van der Waals surface area contributed by atoms with Gasteiger partial charge in [-0.1, -0.05) is 18.2 Å². The summed E-state index contributed by atoms with van der Waals surface area (Å²) in [5.41, 5.74) is 2.73. The molecule has 2 aromatic rings. The molecule has 2 N–H and O–H groups in total. The van der Waals surface area contributed by atoms with Crippen molar-refractivity contribution in [2.75, 3.05) is 10.6 Å². The number of hydrogen-bond acceptors (Lipinski definition) is 4. The van der Waals surface area contributed by atoms with Crippen LogP contribution >= 0.6 is 0 Å². The van der Waals surface area contributed by atoms with Gasteiger partial charge in [0, 0.05) is 18.1 Å². The lowest BCUT2D eigenvalue weighted by Crippen LogP contribution is -2.15. The predicted octanol–water partition coefficient (Wildman–Crippen LogP) is 3.16. The molecule has 0 fully saturated rings. The molecule has 0 atom stereocenters. The highest BCUT2D eigenvalue weighted by Gasteiger charge is 2.11. The number of nitrogens with one attached hydrogen (secondary N) is 2. The molecular formula is C17H16N4O. The van der Waals surface area contributed by atoms with E-state index in [9.17, 15) is 4.79 Å². The van der Waals surface area contributed by atoms with Gasteiger partial charge in [-0.2, -0.15) is 5.26 Å². The minimum atomic E-state index is -0.459. The van der Waals surface area contributed by atoms with E-state index in [-0.39, 0.29) is 5.57 Å². The molecule has 0 aliphatic heterocycles. The lowest BCUT2D eigenvalue weighted by atomic mass is 10.1. The summed E-state index contributed by atoms with van der Waals surface area (Å²) in [6.45, 7) is 3.89. The normalized spacial score (nSPS) is 10.7. The second-order valence-corrected chi connectivity index (χ2v) is 4.73. The van der Waals surface area contributed by atoms with Gasteiger partial charge in [-0.05, 0) is 43.2 Å². The number of anilines is 2. The van der Waals surface area contributed by atoms with E-state index >= 15 is 0 Å². The van der Waals surface area contributed by atoms with Gasteiger partial charge in [0.25, 0.3) is 5.91 Å². The summed E-state index contributed by atoms with van der Waals surface area (Å²) < 4.78 is 0. The number of benzene rings is 1. The fraction of sp³-hybridized carbons (Fsp3) is 0.118. The third-order valence-electron chi connectivity index (χ3n) is 3.25. The number of rotatable bonds is 4. The quantitative estimate of drug-likeness (QED) is 0.670. The van der Waals surface area contributed by atoms with E-state index in [1.807, 2.05) is 38.1 Å². The molecule has 0 bridgehead atoms. The number of nitrogens with zero attached hydrogens (tertiary/aromatic N) is 2. The Morgan fingerprint density at radius 2 is 2.05 bits per heavy atom. The summed E-state index contributed by atoms with van der Waals surface area (Å²) in [6, 6.07) is 12.9. The Labute approximate surface area is 129 Å². The first-order chi connectivity index (χ1) is 10.6. The zero-order valence-electron chi connectivity index (χ0n) is 12.4. The summed E-state index contributed by atoms with van der Waals surface area (Å²) in [7, 11) is 0. The number of carbonyl (C=O) groups is 1. The summed E-state index contributed by atoms with van der Waals surface area (Å²) in [6.07, 6.45) is 2.97. The Balaban J connectivity index is 2.12. The molecule has 2 rings (SSSR count). The van der Waals surface area contributed by atoms with Crippen LogP contribution in [0.2, 0.25) is 0 Å². The van der Waals surface area contributed by atoms with Gasteiger partial charge in [-0.3, -0.25) is 4.79 Å². The first-order valence-electron chi connectivity index (χ1n) is 6.77. The maximum Gasteiger partial charge on any atom is 0.267 e. The topological polar surface area (TPSA) is 77.8 Å². The van der Waals surface area contributed by atoms with Gasteiger partial charge in [0.15, 0.2) is 0 Å². The Morgan fingerprint density at radius 1 is 1.23 bits per heavy atom. The molecule has 1 amide bonds. The van der Waals surface area contributed by atoms with Crippen LogP contribution in [0.4, 0.5) is 11.5 Å². The molecule has 0 spiro atoms. The smallest absolute Gasteiger partial charge is 0.267 e. The van der Waals surface area contributed by atoms with Crippen molar-refractivity contribution in [2.45, 2.75) is 13.8 Å². The number of nitriles is 1. The van der Waals surface area contributed by atoms with Gasteiger partial charge in [0.05, 0.1) is 0 Å².